The van der Waals surface area contributed by atoms with Crippen LogP contribution in [0.2, 0.25) is 0 Å². The molecule has 0 aliphatic carbocycles. The second-order valence-corrected chi connectivity index (χ2v) is 10.3. The Bertz CT molecular complexity index is 1390. The first-order chi connectivity index (χ1) is 19.9. The van der Waals surface area contributed by atoms with E-state index in [2.05, 4.69) is 4.90 Å². The van der Waals surface area contributed by atoms with Crippen LogP contribution in [0.15, 0.2) is 77.9 Å². The lowest BCUT2D eigenvalue weighted by Gasteiger charge is -2.31. The normalized spacial score (nSPS) is 17.3. The zero-order valence-corrected chi connectivity index (χ0v) is 23.5. The Labute approximate surface area is 240 Å². The summed E-state index contributed by atoms with van der Waals surface area (Å²) in [6.45, 7) is 5.52. The molecule has 3 aromatic rings. The number of benzene rings is 3. The van der Waals surface area contributed by atoms with Gasteiger partial charge in [-0.3, -0.25) is 14.5 Å². The van der Waals surface area contributed by atoms with Crippen molar-refractivity contribution in [2.24, 2.45) is 5.10 Å². The zero-order valence-electron chi connectivity index (χ0n) is 23.5. The number of rotatable bonds is 9. The molecule has 2 aliphatic rings. The quantitative estimate of drug-likeness (QED) is 0.392. The van der Waals surface area contributed by atoms with E-state index in [1.807, 2.05) is 55.5 Å². The molecule has 1 unspecified atom stereocenters. The van der Waals surface area contributed by atoms with Crippen molar-refractivity contribution in [1.82, 2.24) is 14.8 Å². The summed E-state index contributed by atoms with van der Waals surface area (Å²) < 4.78 is 24.7. The molecule has 2 amide bonds. The van der Waals surface area contributed by atoms with Gasteiger partial charge in [-0.25, -0.2) is 9.40 Å². The molecule has 0 spiro atoms. The van der Waals surface area contributed by atoms with Crippen LogP contribution in [0, 0.1) is 12.7 Å². The van der Waals surface area contributed by atoms with E-state index in [0.717, 1.165) is 41.2 Å². The van der Waals surface area contributed by atoms with E-state index in [0.29, 0.717) is 32.7 Å². The van der Waals surface area contributed by atoms with E-state index in [1.165, 1.54) is 28.1 Å². The summed E-state index contributed by atoms with van der Waals surface area (Å²) in [5.74, 6) is -0.451. The van der Waals surface area contributed by atoms with Crippen molar-refractivity contribution in [3.05, 3.63) is 101 Å². The molecule has 1 fully saturated rings. The number of halogens is 1. The minimum Gasteiger partial charge on any atom is -0.497 e. The smallest absolute Gasteiger partial charge is 0.262 e. The van der Waals surface area contributed by atoms with Crippen molar-refractivity contribution in [1.29, 1.82) is 0 Å². The second kappa shape index (κ2) is 13.1. The van der Waals surface area contributed by atoms with Crippen LogP contribution in [-0.2, 0) is 9.53 Å². The van der Waals surface area contributed by atoms with Crippen LogP contribution in [0.4, 0.5) is 4.39 Å². The van der Waals surface area contributed by atoms with Gasteiger partial charge in [0.05, 0.1) is 32.1 Å². The van der Waals surface area contributed by atoms with Gasteiger partial charge >= 0.3 is 0 Å². The Kier molecular flexibility index (Phi) is 9.06. The standard InChI is InChI=1S/C32H35FN4O4/c1-23-6-8-25(9-7-23)30-21-29(24-10-12-28(40-2)13-11-24)34-37(30)31(38)22-36(15-14-35-16-18-41-19-17-35)32(39)26-4-3-5-27(33)20-26/h3-13,20,30H,14-19,21-22H2,1-2H3. The Morgan fingerprint density at radius 3 is 2.46 bits per heavy atom. The highest BCUT2D eigenvalue weighted by atomic mass is 19.1. The lowest BCUT2D eigenvalue weighted by Crippen LogP contribution is -2.46. The number of ether oxygens (including phenoxy) is 2. The average molecular weight is 559 g/mol. The molecule has 1 saturated heterocycles. The number of methoxy groups -OCH3 is 1. The molecular formula is C32H35FN4O4. The van der Waals surface area contributed by atoms with E-state index >= 15 is 0 Å². The Morgan fingerprint density at radius 1 is 1.05 bits per heavy atom. The SMILES string of the molecule is COc1ccc(C2=NN(C(=O)CN(CCN3CCOCC3)C(=O)c3cccc(F)c3)C(c3ccc(C)cc3)C2)cc1. The minimum atomic E-state index is -0.497. The molecule has 3 aromatic carbocycles. The summed E-state index contributed by atoms with van der Waals surface area (Å²) in [7, 11) is 1.62. The number of carbonyl (C=O) groups is 2. The third-order valence-corrected chi connectivity index (χ3v) is 7.53. The van der Waals surface area contributed by atoms with Crippen molar-refractivity contribution in [3.63, 3.8) is 0 Å². The predicted octanol–water partition coefficient (Wildman–Crippen LogP) is 4.30. The number of morpholine rings is 1. The minimum absolute atomic E-state index is 0.179. The van der Waals surface area contributed by atoms with Gasteiger partial charge in [0.25, 0.3) is 11.8 Å². The fourth-order valence-corrected chi connectivity index (χ4v) is 5.13. The van der Waals surface area contributed by atoms with E-state index in [4.69, 9.17) is 14.6 Å². The maximum atomic E-state index is 14.0. The highest BCUT2D eigenvalue weighted by Gasteiger charge is 2.34. The summed E-state index contributed by atoms with van der Waals surface area (Å²) in [6, 6.07) is 20.9. The molecule has 0 N–H and O–H groups in total. The van der Waals surface area contributed by atoms with E-state index in [9.17, 15) is 14.0 Å². The van der Waals surface area contributed by atoms with Gasteiger partial charge in [-0.15, -0.1) is 0 Å². The molecule has 214 valence electrons. The molecule has 0 saturated carbocycles. The van der Waals surface area contributed by atoms with E-state index in [1.54, 1.807) is 13.2 Å². The second-order valence-electron chi connectivity index (χ2n) is 10.3. The lowest BCUT2D eigenvalue weighted by molar-refractivity contribution is -0.133. The van der Waals surface area contributed by atoms with Gasteiger partial charge in [-0.2, -0.15) is 5.10 Å². The maximum Gasteiger partial charge on any atom is 0.262 e. The number of aryl methyl sites for hydroxylation is 1. The van der Waals surface area contributed by atoms with Crippen LogP contribution in [0.1, 0.15) is 39.5 Å². The van der Waals surface area contributed by atoms with E-state index < -0.39 is 11.7 Å². The van der Waals surface area contributed by atoms with Crippen LogP contribution in [0.5, 0.6) is 5.75 Å². The highest BCUT2D eigenvalue weighted by Crippen LogP contribution is 2.33. The first-order valence-electron chi connectivity index (χ1n) is 13.9. The van der Waals surface area contributed by atoms with Crippen LogP contribution >= 0.6 is 0 Å². The number of carbonyl (C=O) groups excluding carboxylic acids is 2. The topological polar surface area (TPSA) is 74.7 Å². The van der Waals surface area contributed by atoms with Crippen molar-refractivity contribution < 1.29 is 23.5 Å². The van der Waals surface area contributed by atoms with Crippen molar-refractivity contribution in [2.45, 2.75) is 19.4 Å². The zero-order chi connectivity index (χ0) is 28.8. The molecule has 9 heteroatoms. The number of nitrogens with zero attached hydrogens (tertiary/aromatic N) is 4. The maximum absolute atomic E-state index is 14.0. The Hall–Kier alpha value is -4.08. The number of amides is 2. The Morgan fingerprint density at radius 2 is 1.78 bits per heavy atom. The molecule has 41 heavy (non-hydrogen) atoms. The molecule has 2 aliphatic heterocycles. The Balaban J connectivity index is 1.41. The van der Waals surface area contributed by atoms with Crippen LogP contribution in [-0.4, -0.2) is 85.4 Å². The summed E-state index contributed by atoms with van der Waals surface area (Å²) in [5.41, 5.74) is 3.98. The molecule has 2 heterocycles. The third kappa shape index (κ3) is 6.99. The number of hydrogen-bond acceptors (Lipinski definition) is 6. The molecule has 0 radical (unpaired) electrons. The molecule has 0 aromatic heterocycles. The third-order valence-electron chi connectivity index (χ3n) is 7.53. The first-order valence-corrected chi connectivity index (χ1v) is 13.9. The predicted molar refractivity (Wildman–Crippen MR) is 154 cm³/mol. The van der Waals surface area contributed by atoms with Crippen LogP contribution in [0.3, 0.4) is 0 Å². The molecular weight excluding hydrogens is 523 g/mol. The van der Waals surface area contributed by atoms with Gasteiger partial charge in [-0.1, -0.05) is 35.9 Å². The van der Waals surface area contributed by atoms with Crippen LogP contribution < -0.4 is 4.74 Å². The van der Waals surface area contributed by atoms with Crippen molar-refractivity contribution in [3.8, 4) is 5.75 Å². The summed E-state index contributed by atoms with van der Waals surface area (Å²) in [6.07, 6.45) is 0.534. The monoisotopic (exact) mass is 558 g/mol. The van der Waals surface area contributed by atoms with Gasteiger partial charge in [0.2, 0.25) is 0 Å². The van der Waals surface area contributed by atoms with Gasteiger partial charge in [0.15, 0.2) is 0 Å². The first kappa shape index (κ1) is 28.4. The molecule has 0 bridgehead atoms. The van der Waals surface area contributed by atoms with Crippen LogP contribution in [0.25, 0.3) is 0 Å². The largest absolute Gasteiger partial charge is 0.497 e. The van der Waals surface area contributed by atoms with Gasteiger partial charge in [0, 0.05) is 38.2 Å². The number of hydrogen-bond donors (Lipinski definition) is 0. The van der Waals surface area contributed by atoms with Crippen molar-refractivity contribution in [2.75, 3.05) is 53.0 Å². The van der Waals surface area contributed by atoms with Gasteiger partial charge in [-0.05, 0) is 60.5 Å². The highest BCUT2D eigenvalue weighted by molar-refractivity contribution is 6.03. The van der Waals surface area contributed by atoms with Crippen molar-refractivity contribution >= 4 is 17.5 Å². The van der Waals surface area contributed by atoms with Gasteiger partial charge in [0.1, 0.15) is 18.1 Å². The fraction of sp³-hybridized carbons (Fsp3) is 0.344. The average Bonchev–Trinajstić information content (AvgIpc) is 3.45. The summed E-state index contributed by atoms with van der Waals surface area (Å²) in [4.78, 5) is 31.2. The molecule has 1 atom stereocenters. The molecule has 5 rings (SSSR count). The summed E-state index contributed by atoms with van der Waals surface area (Å²) in [5, 5.41) is 6.28. The number of hydrazone groups is 1. The summed E-state index contributed by atoms with van der Waals surface area (Å²) >= 11 is 0. The molecule has 8 nitrogen and oxygen atoms in total. The lowest BCUT2D eigenvalue weighted by atomic mass is 9.97. The fourth-order valence-electron chi connectivity index (χ4n) is 5.13. The van der Waals surface area contributed by atoms with Gasteiger partial charge < -0.3 is 14.4 Å². The van der Waals surface area contributed by atoms with E-state index in [-0.39, 0.29) is 24.1 Å².